The first-order valence-electron chi connectivity index (χ1n) is 7.16. The Morgan fingerprint density at radius 1 is 1.32 bits per heavy atom. The van der Waals surface area contributed by atoms with E-state index >= 15 is 0 Å². The van der Waals surface area contributed by atoms with Gasteiger partial charge in [0, 0.05) is 31.8 Å². The summed E-state index contributed by atoms with van der Waals surface area (Å²) in [5.41, 5.74) is 0.988. The molecule has 0 aliphatic carbocycles. The number of anilines is 1. The Morgan fingerprint density at radius 2 is 2.14 bits per heavy atom. The number of aliphatic imine (C=N–C) groups is 1. The van der Waals surface area contributed by atoms with E-state index in [0.717, 1.165) is 6.42 Å². The Balaban J connectivity index is 1.74. The second-order valence-corrected chi connectivity index (χ2v) is 5.33. The molecule has 0 unspecified atom stereocenters. The molecule has 3 heterocycles. The molecule has 0 spiro atoms. The van der Waals surface area contributed by atoms with Gasteiger partial charge < -0.3 is 15.2 Å². The van der Waals surface area contributed by atoms with Crippen LogP contribution in [0.2, 0.25) is 0 Å². The molecule has 1 aromatic carbocycles. The van der Waals surface area contributed by atoms with E-state index in [1.54, 1.807) is 11.1 Å². The van der Waals surface area contributed by atoms with Crippen LogP contribution in [0, 0.1) is 5.41 Å². The third kappa shape index (κ3) is 1.80. The molecule has 0 atom stereocenters. The number of amidine groups is 1. The summed E-state index contributed by atoms with van der Waals surface area (Å²) >= 11 is 0. The number of hydrogen-bond donors (Lipinski definition) is 3. The van der Waals surface area contributed by atoms with Gasteiger partial charge in [0.2, 0.25) is 0 Å². The van der Waals surface area contributed by atoms with Crippen molar-refractivity contribution >= 4 is 28.8 Å². The Morgan fingerprint density at radius 3 is 2.95 bits per heavy atom. The monoisotopic (exact) mass is 301 g/mol. The van der Waals surface area contributed by atoms with Crippen LogP contribution in [0.3, 0.4) is 0 Å². The average Bonchev–Trinajstić information content (AvgIpc) is 3.08. The first-order valence-corrected chi connectivity index (χ1v) is 7.16. The van der Waals surface area contributed by atoms with E-state index in [1.165, 1.54) is 11.1 Å². The lowest BCUT2D eigenvalue weighted by molar-refractivity contribution is -0.129. The van der Waals surface area contributed by atoms with Gasteiger partial charge in [-0.1, -0.05) is 0 Å². The number of nitrogens with one attached hydrogen (secondary N) is 2. The van der Waals surface area contributed by atoms with Crippen LogP contribution in [0.25, 0.3) is 0 Å². The first-order chi connectivity index (χ1) is 10.6. The number of fused-ring (bicyclic) bond motifs is 2. The topological polar surface area (TPSA) is 101 Å². The van der Waals surface area contributed by atoms with Gasteiger partial charge in [0.15, 0.2) is 11.5 Å². The fraction of sp³-hybridized carbons (Fsp3) is 0.357. The predicted molar refractivity (Wildman–Crippen MR) is 79.9 cm³/mol. The van der Waals surface area contributed by atoms with E-state index in [9.17, 15) is 9.90 Å². The van der Waals surface area contributed by atoms with Gasteiger partial charge in [-0.05, 0) is 6.42 Å². The molecule has 1 amide bonds. The summed E-state index contributed by atoms with van der Waals surface area (Å²) in [7, 11) is 0. The van der Waals surface area contributed by atoms with Crippen molar-refractivity contribution in [3.63, 3.8) is 0 Å². The van der Waals surface area contributed by atoms with Crippen molar-refractivity contribution in [2.45, 2.75) is 6.42 Å². The number of hydrogen-bond acceptors (Lipinski definition) is 6. The van der Waals surface area contributed by atoms with E-state index in [2.05, 4.69) is 10.3 Å². The smallest absolute Gasteiger partial charge is 0.294 e. The Labute approximate surface area is 126 Å². The molecule has 2 fully saturated rings. The summed E-state index contributed by atoms with van der Waals surface area (Å²) in [6.07, 6.45) is 0.852. The van der Waals surface area contributed by atoms with Gasteiger partial charge in [-0.3, -0.25) is 15.2 Å². The number of hydrazine groups is 1. The molecule has 2 saturated heterocycles. The van der Waals surface area contributed by atoms with Gasteiger partial charge >= 0.3 is 0 Å². The molecule has 1 aromatic rings. The molecule has 8 nitrogen and oxygen atoms in total. The van der Waals surface area contributed by atoms with Crippen LogP contribution in [0.15, 0.2) is 17.1 Å². The molecule has 0 aromatic heterocycles. The minimum atomic E-state index is -0.293. The summed E-state index contributed by atoms with van der Waals surface area (Å²) in [4.78, 5) is 16.5. The third-order valence-corrected chi connectivity index (χ3v) is 3.93. The lowest BCUT2D eigenvalue weighted by Gasteiger charge is -2.19. The normalized spacial score (nSPS) is 21.7. The molecular formula is C14H15N5O3. The van der Waals surface area contributed by atoms with Crippen LogP contribution in [0.4, 0.5) is 11.4 Å². The fourth-order valence-electron chi connectivity index (χ4n) is 2.87. The summed E-state index contributed by atoms with van der Waals surface area (Å²) < 4.78 is 5.51. The molecule has 8 heteroatoms. The number of amides is 1. The van der Waals surface area contributed by atoms with E-state index in [4.69, 9.17) is 10.1 Å². The number of carbonyl (C=O) groups is 1. The molecule has 22 heavy (non-hydrogen) atoms. The van der Waals surface area contributed by atoms with Crippen molar-refractivity contribution in [3.05, 3.63) is 12.1 Å². The maximum atomic E-state index is 12.3. The second kappa shape index (κ2) is 4.62. The molecule has 3 N–H and O–H groups in total. The molecule has 4 rings (SSSR count). The van der Waals surface area contributed by atoms with Gasteiger partial charge in [0.1, 0.15) is 23.8 Å². The van der Waals surface area contributed by atoms with Gasteiger partial charge in [-0.25, -0.2) is 10.0 Å². The maximum absolute atomic E-state index is 12.3. The number of nitrogens with zero attached hydrogens (tertiary/aromatic N) is 3. The summed E-state index contributed by atoms with van der Waals surface area (Å²) in [5, 5.41) is 24.4. The highest BCUT2D eigenvalue weighted by molar-refractivity contribution is 6.68. The molecule has 3 aliphatic rings. The number of phenolic OH excluding ortho intramolecular Hbond substituents is 1. The summed E-state index contributed by atoms with van der Waals surface area (Å²) in [5.74, 6) is 0.324. The summed E-state index contributed by atoms with van der Waals surface area (Å²) in [6, 6.07) is 3.11. The van der Waals surface area contributed by atoms with Gasteiger partial charge in [-0.15, -0.1) is 0 Å². The highest BCUT2D eigenvalue weighted by Crippen LogP contribution is 2.39. The number of benzene rings is 1. The van der Waals surface area contributed by atoms with Gasteiger partial charge in [-0.2, -0.15) is 0 Å². The second-order valence-electron chi connectivity index (χ2n) is 5.33. The minimum absolute atomic E-state index is 0.0492. The highest BCUT2D eigenvalue weighted by Gasteiger charge is 2.42. The molecule has 114 valence electrons. The van der Waals surface area contributed by atoms with E-state index in [1.807, 2.05) is 0 Å². The van der Waals surface area contributed by atoms with E-state index in [-0.39, 0.29) is 28.9 Å². The van der Waals surface area contributed by atoms with E-state index < -0.39 is 0 Å². The number of phenols is 1. The van der Waals surface area contributed by atoms with Crippen LogP contribution in [0.5, 0.6) is 11.5 Å². The van der Waals surface area contributed by atoms with Crippen LogP contribution in [-0.4, -0.2) is 58.8 Å². The van der Waals surface area contributed by atoms with Gasteiger partial charge in [0.25, 0.3) is 5.91 Å². The Hall–Kier alpha value is -2.77. The van der Waals surface area contributed by atoms with Crippen molar-refractivity contribution in [1.29, 1.82) is 5.41 Å². The number of carbonyl (C=O) groups excluding carboxylic acids is 1. The largest absolute Gasteiger partial charge is 0.506 e. The molecule has 3 aliphatic heterocycles. The third-order valence-electron chi connectivity index (χ3n) is 3.93. The highest BCUT2D eigenvalue weighted by atomic mass is 16.5. The van der Waals surface area contributed by atoms with Crippen molar-refractivity contribution in [3.8, 4) is 11.5 Å². The van der Waals surface area contributed by atoms with Crippen LogP contribution in [-0.2, 0) is 4.79 Å². The van der Waals surface area contributed by atoms with Gasteiger partial charge in [0.05, 0.1) is 5.69 Å². The molecule has 0 radical (unpaired) electrons. The fourth-order valence-corrected chi connectivity index (χ4v) is 2.87. The zero-order chi connectivity index (χ0) is 15.3. The Bertz CT molecular complexity index is 691. The zero-order valence-electron chi connectivity index (χ0n) is 11.8. The number of aromatic hydroxyl groups is 1. The van der Waals surface area contributed by atoms with Crippen molar-refractivity contribution in [2.75, 3.05) is 31.6 Å². The minimum Gasteiger partial charge on any atom is -0.506 e. The van der Waals surface area contributed by atoms with Crippen LogP contribution >= 0.6 is 0 Å². The maximum Gasteiger partial charge on any atom is 0.294 e. The average molecular weight is 301 g/mol. The molecule has 0 bridgehead atoms. The van der Waals surface area contributed by atoms with E-state index in [0.29, 0.717) is 37.7 Å². The van der Waals surface area contributed by atoms with Crippen LogP contribution in [0.1, 0.15) is 6.42 Å². The lowest BCUT2D eigenvalue weighted by Crippen LogP contribution is -2.33. The SMILES string of the molecule is N=C1C(=Nc2cc3c(cc2O)NCCO3)C(=O)N2CCCN12. The zero-order valence-corrected chi connectivity index (χ0v) is 11.8. The molecule has 0 saturated carbocycles. The lowest BCUT2D eigenvalue weighted by atomic mass is 10.2. The van der Waals surface area contributed by atoms with Crippen molar-refractivity contribution in [2.24, 2.45) is 4.99 Å². The predicted octanol–water partition coefficient (Wildman–Crippen LogP) is 0.709. The van der Waals surface area contributed by atoms with Crippen molar-refractivity contribution in [1.82, 2.24) is 10.0 Å². The number of ether oxygens (including phenoxy) is 1. The standard InChI is InChI=1S/C14H15N5O3/c15-13-12(14(21)19-4-1-3-18(13)19)17-8-7-11-9(6-10(8)20)16-2-5-22-11/h6-7,15-16,20H,1-5H2. The summed E-state index contributed by atoms with van der Waals surface area (Å²) in [6.45, 7) is 2.45. The van der Waals surface area contributed by atoms with Crippen molar-refractivity contribution < 1.29 is 14.6 Å². The Kier molecular flexibility index (Phi) is 2.72. The molecular weight excluding hydrogens is 286 g/mol. The number of rotatable bonds is 1. The first kappa shape index (κ1) is 12.9. The quantitative estimate of drug-likeness (QED) is 0.709. The van der Waals surface area contributed by atoms with Crippen LogP contribution < -0.4 is 10.1 Å².